The monoisotopic (exact) mass is 1170 g/mol. The van der Waals surface area contributed by atoms with Crippen molar-refractivity contribution in [2.75, 3.05) is 33.6 Å². The Labute approximate surface area is 505 Å². The largest absolute Gasteiger partial charge is 0.438 e. The van der Waals surface area contributed by atoms with Gasteiger partial charge in [-0.1, -0.05) is 138 Å². The highest BCUT2D eigenvalue weighted by molar-refractivity contribution is 5.77. The van der Waals surface area contributed by atoms with Gasteiger partial charge < -0.3 is 37.9 Å². The van der Waals surface area contributed by atoms with Gasteiger partial charge in [0.25, 0.3) is 0 Å². The maximum Gasteiger partial charge on any atom is 0.313 e. The fourth-order valence-electron chi connectivity index (χ4n) is 13.8. The molecule has 0 aliphatic heterocycles. The molecule has 0 heterocycles. The van der Waals surface area contributed by atoms with E-state index in [9.17, 15) is 19.2 Å². The number of carbonyl (C=O) groups is 4. The van der Waals surface area contributed by atoms with Crippen LogP contribution in [0.3, 0.4) is 0 Å². The number of hydrogen-bond donors (Lipinski definition) is 0. The van der Waals surface area contributed by atoms with E-state index in [-0.39, 0.29) is 97.0 Å². The summed E-state index contributed by atoms with van der Waals surface area (Å²) in [5.74, 6) is 2.43. The fourth-order valence-corrected chi connectivity index (χ4v) is 13.8. The van der Waals surface area contributed by atoms with Crippen molar-refractivity contribution in [2.45, 2.75) is 316 Å². The lowest BCUT2D eigenvalue weighted by molar-refractivity contribution is -0.199. The molecule has 0 saturated heterocycles. The van der Waals surface area contributed by atoms with Crippen LogP contribution in [0.1, 0.15) is 297 Å². The molecule has 7 aliphatic carbocycles. The molecule has 10 unspecified atom stereocenters. The molecule has 0 spiro atoms. The van der Waals surface area contributed by atoms with E-state index in [1.165, 1.54) is 83.5 Å². The average molecular weight is 1170 g/mol. The Morgan fingerprint density at radius 1 is 0.512 bits per heavy atom. The Kier molecular flexibility index (Phi) is 30.7. The third-order valence-electron chi connectivity index (χ3n) is 22.9. The summed E-state index contributed by atoms with van der Waals surface area (Å²) in [6.07, 6.45) is 22.2. The average Bonchev–Trinajstić information content (AvgIpc) is 4.18. The predicted octanol–water partition coefficient (Wildman–Crippen LogP) is 18.9. The molecule has 12 heteroatoms. The highest BCUT2D eigenvalue weighted by atomic mass is 16.7. The molecule has 12 nitrogen and oxygen atoms in total. The summed E-state index contributed by atoms with van der Waals surface area (Å²) in [4.78, 5) is 47.6. The normalized spacial score (nSPS) is 29.9. The molecule has 0 aromatic heterocycles. The quantitative estimate of drug-likeness (QED) is 0.0441. The van der Waals surface area contributed by atoms with Crippen LogP contribution in [-0.4, -0.2) is 76.0 Å². The number of ether oxygens (including phenoxy) is 8. The molecule has 0 aromatic rings. The maximum atomic E-state index is 12.1. The number of esters is 4. The van der Waals surface area contributed by atoms with E-state index in [1.54, 1.807) is 0 Å². The van der Waals surface area contributed by atoms with E-state index >= 15 is 0 Å². The molecule has 486 valence electrons. The highest BCUT2D eigenvalue weighted by Crippen LogP contribution is 2.67. The summed E-state index contributed by atoms with van der Waals surface area (Å²) in [5.41, 5.74) is 0.199. The Balaban J connectivity index is 0.00000105. The van der Waals surface area contributed by atoms with Gasteiger partial charge in [-0.05, 0) is 215 Å². The van der Waals surface area contributed by atoms with Gasteiger partial charge >= 0.3 is 23.9 Å². The van der Waals surface area contributed by atoms with Crippen LogP contribution >= 0.6 is 0 Å². The summed E-state index contributed by atoms with van der Waals surface area (Å²) < 4.78 is 44.5. The van der Waals surface area contributed by atoms with Crippen molar-refractivity contribution < 1.29 is 57.1 Å². The molecule has 7 aliphatic rings. The van der Waals surface area contributed by atoms with E-state index in [0.29, 0.717) is 34.2 Å². The van der Waals surface area contributed by atoms with Crippen LogP contribution < -0.4 is 0 Å². The first-order valence-corrected chi connectivity index (χ1v) is 31.1. The topological polar surface area (TPSA) is 142 Å². The van der Waals surface area contributed by atoms with Gasteiger partial charge in [-0.15, -0.1) is 0 Å². The third kappa shape index (κ3) is 19.1. The molecular weight excluding hydrogens is 1030 g/mol. The van der Waals surface area contributed by atoms with Gasteiger partial charge in [0.05, 0.1) is 47.1 Å². The number of rotatable bonds is 22. The first-order valence-electron chi connectivity index (χ1n) is 31.1. The minimum absolute atomic E-state index is 0. The van der Waals surface area contributed by atoms with Crippen molar-refractivity contribution in [1.82, 2.24) is 0 Å². The van der Waals surface area contributed by atoms with Crippen LogP contribution in [0.4, 0.5) is 0 Å². The lowest BCUT2D eigenvalue weighted by Gasteiger charge is -2.38. The van der Waals surface area contributed by atoms with Gasteiger partial charge in [-0.2, -0.15) is 0 Å². The van der Waals surface area contributed by atoms with Gasteiger partial charge in [0.15, 0.2) is 26.7 Å². The van der Waals surface area contributed by atoms with Crippen molar-refractivity contribution in [3.8, 4) is 0 Å². The van der Waals surface area contributed by atoms with Gasteiger partial charge in [0.2, 0.25) is 0 Å². The first kappa shape index (κ1) is 79.7. The van der Waals surface area contributed by atoms with Gasteiger partial charge in [0, 0.05) is 0 Å². The van der Waals surface area contributed by atoms with Crippen molar-refractivity contribution in [3.63, 3.8) is 0 Å². The lowest BCUT2D eigenvalue weighted by atomic mass is 9.70. The second kappa shape index (κ2) is 31.6. The van der Waals surface area contributed by atoms with Crippen molar-refractivity contribution in [1.29, 1.82) is 0 Å². The Morgan fingerprint density at radius 2 is 0.988 bits per heavy atom. The summed E-state index contributed by atoms with van der Waals surface area (Å²) in [6, 6.07) is 0. The van der Waals surface area contributed by atoms with Crippen molar-refractivity contribution in [3.05, 3.63) is 0 Å². The third-order valence-corrected chi connectivity index (χ3v) is 22.9. The molecule has 7 saturated carbocycles. The number of fused-ring (bicyclic) bond motifs is 6. The molecule has 0 N–H and O–H groups in total. The zero-order valence-electron chi connectivity index (χ0n) is 53.9. The molecule has 6 bridgehead atoms. The molecule has 0 amide bonds. The molecular formula is C70H134O12. The second-order valence-electron chi connectivity index (χ2n) is 30.4. The molecule has 0 aromatic carbocycles. The van der Waals surface area contributed by atoms with Gasteiger partial charge in [-0.25, -0.2) is 0 Å². The summed E-state index contributed by atoms with van der Waals surface area (Å²) in [6.45, 7) is 45.6. The summed E-state index contributed by atoms with van der Waals surface area (Å²) in [5, 5.41) is 0. The second-order valence-corrected chi connectivity index (χ2v) is 30.4. The molecule has 7 fully saturated rings. The fraction of sp³-hybridized carbons (Fsp3) is 0.943. The van der Waals surface area contributed by atoms with Crippen molar-refractivity contribution >= 4 is 23.9 Å². The SMILES string of the molecule is C.C.C.C.CCC(C)(C)C(=O)OC(C)OC1CC2(C)CCC1C2(C)C.CCC(C)(C)C(=O)OCOC1CC2CCC1(C)C2(C)C.CCC(C)(C)C(=O)OCOCC1(C)CC2CCC1C2.CCC(C)(C)C(=O)OCOCC1(C)CCCCC1. The van der Waals surface area contributed by atoms with Crippen LogP contribution in [0.5, 0.6) is 0 Å². The van der Waals surface area contributed by atoms with Crippen LogP contribution in [-0.2, 0) is 57.1 Å². The Hall–Kier alpha value is -2.28. The van der Waals surface area contributed by atoms with Crippen LogP contribution in [0.2, 0.25) is 0 Å². The van der Waals surface area contributed by atoms with Gasteiger partial charge in [0.1, 0.15) is 0 Å². The zero-order valence-corrected chi connectivity index (χ0v) is 53.9. The smallest absolute Gasteiger partial charge is 0.313 e. The van der Waals surface area contributed by atoms with Crippen LogP contribution in [0, 0.1) is 77.8 Å². The van der Waals surface area contributed by atoms with Crippen LogP contribution in [0.15, 0.2) is 0 Å². The molecule has 10 atom stereocenters. The minimum Gasteiger partial charge on any atom is -0.438 e. The first-order chi connectivity index (χ1) is 35.9. The van der Waals surface area contributed by atoms with E-state index in [1.807, 2.05) is 90.0 Å². The van der Waals surface area contributed by atoms with E-state index in [2.05, 4.69) is 55.4 Å². The maximum absolute atomic E-state index is 12.1. The molecule has 82 heavy (non-hydrogen) atoms. The standard InChI is InChI=1S/C18H32O3.C17H30O3.C16H28O3.C15H28O3.4CH4/c1-8-16(3,4)15(19)21-12(2)20-14-11-18(7)10-9-13(14)17(18,5)6;1-7-15(2,3)14(18)20-11-19-13-10-12-8-9-17(13,6)16(12,4)5;1-5-15(2,3)14(17)19-11-18-10-16(4)9-12-6-7-13(16)8-12;1-5-14(2,3)13(16)18-12-17-11-15(4)9-7-6-8-10-15;;;;/h12-14H,8-11H2,1-7H3;12-13H,7-11H2,1-6H3;12-13H,5-11H2,1-4H3;5-12H2,1-4H3;4*1H4. The lowest BCUT2D eigenvalue weighted by Crippen LogP contribution is -2.38. The van der Waals surface area contributed by atoms with Gasteiger partial charge in [-0.3, -0.25) is 19.2 Å². The zero-order chi connectivity index (χ0) is 59.0. The highest BCUT2D eigenvalue weighted by Gasteiger charge is 2.63. The van der Waals surface area contributed by atoms with E-state index in [0.717, 1.165) is 62.9 Å². The van der Waals surface area contributed by atoms with Crippen molar-refractivity contribution in [2.24, 2.45) is 77.8 Å². The number of carbonyl (C=O) groups excluding carboxylic acids is 4. The van der Waals surface area contributed by atoms with E-state index < -0.39 is 27.9 Å². The molecule has 7 rings (SSSR count). The number of hydrogen-bond acceptors (Lipinski definition) is 12. The predicted molar refractivity (Wildman–Crippen MR) is 336 cm³/mol. The summed E-state index contributed by atoms with van der Waals surface area (Å²) in [7, 11) is 0. The summed E-state index contributed by atoms with van der Waals surface area (Å²) >= 11 is 0. The van der Waals surface area contributed by atoms with E-state index in [4.69, 9.17) is 37.9 Å². The Morgan fingerprint density at radius 3 is 1.38 bits per heavy atom. The minimum atomic E-state index is -0.452. The van der Waals surface area contributed by atoms with Crippen LogP contribution in [0.25, 0.3) is 0 Å². The Bertz CT molecular complexity index is 1940. The molecule has 0 radical (unpaired) electrons.